The van der Waals surface area contributed by atoms with E-state index in [4.69, 9.17) is 9.47 Å². The van der Waals surface area contributed by atoms with Crippen LogP contribution >= 0.6 is 0 Å². The largest absolute Gasteiger partial charge is 0.394 e. The molecule has 0 radical (unpaired) electrons. The Hall–Kier alpha value is -1.39. The van der Waals surface area contributed by atoms with Crippen LogP contribution < -0.4 is 0 Å². The molecule has 0 saturated carbocycles. The zero-order valence-electron chi connectivity index (χ0n) is 17.1. The Balaban J connectivity index is 1.74. The van der Waals surface area contributed by atoms with E-state index in [1.165, 1.54) is 0 Å². The summed E-state index contributed by atoms with van der Waals surface area (Å²) in [4.78, 5) is 12.8. The van der Waals surface area contributed by atoms with Crippen LogP contribution in [0.5, 0.6) is 0 Å². The van der Waals surface area contributed by atoms with Gasteiger partial charge < -0.3 is 35.0 Å². The monoisotopic (exact) mass is 410 g/mol. The van der Waals surface area contributed by atoms with Crippen LogP contribution in [0, 0.1) is 19.3 Å². The number of ether oxygens (including phenoxy) is 2. The van der Waals surface area contributed by atoms with Gasteiger partial charge in [0.05, 0.1) is 24.7 Å². The summed E-state index contributed by atoms with van der Waals surface area (Å²) < 4.78 is 10.9. The van der Waals surface area contributed by atoms with Crippen molar-refractivity contribution in [1.29, 1.82) is 0 Å². The van der Waals surface area contributed by atoms with Crippen molar-refractivity contribution >= 4 is 5.78 Å². The molecule has 1 aromatic rings. The maximum Gasteiger partial charge on any atom is 0.186 e. The molecule has 6 atom stereocenters. The predicted molar refractivity (Wildman–Crippen MR) is 102 cm³/mol. The highest BCUT2D eigenvalue weighted by atomic mass is 16.7. The minimum atomic E-state index is -1.49. The highest BCUT2D eigenvalue weighted by molar-refractivity contribution is 6.06. The third-order valence-corrected chi connectivity index (χ3v) is 6.24. The van der Waals surface area contributed by atoms with Gasteiger partial charge in [0.1, 0.15) is 24.4 Å². The molecular weight excluding hydrogens is 380 g/mol. The average molecular weight is 410 g/mol. The molecule has 3 rings (SSSR count). The summed E-state index contributed by atoms with van der Waals surface area (Å²) in [6.45, 7) is 6.82. The smallest absolute Gasteiger partial charge is 0.186 e. The Kier molecular flexibility index (Phi) is 6.18. The SMILES string of the molecule is Cc1cc2c(c(C)c1CCO[C@@H]1O[C@H](CO)[C@@H](O)[C@@H](O)[C@H]1O)C(=O)C(C)(C)[C@H]2O. The summed E-state index contributed by atoms with van der Waals surface area (Å²) in [7, 11) is 0. The molecule has 1 aromatic carbocycles. The summed E-state index contributed by atoms with van der Waals surface area (Å²) in [6, 6.07) is 1.84. The van der Waals surface area contributed by atoms with E-state index in [9.17, 15) is 30.3 Å². The molecule has 2 aliphatic rings. The zero-order chi connectivity index (χ0) is 21.7. The van der Waals surface area contributed by atoms with Gasteiger partial charge in [0.25, 0.3) is 0 Å². The molecule has 1 aliphatic heterocycles. The average Bonchev–Trinajstić information content (AvgIpc) is 2.84. The molecule has 5 N–H and O–H groups in total. The number of rotatable bonds is 5. The molecule has 1 aliphatic carbocycles. The van der Waals surface area contributed by atoms with E-state index in [0.717, 1.165) is 16.7 Å². The molecule has 0 aromatic heterocycles. The lowest BCUT2D eigenvalue weighted by Gasteiger charge is -2.39. The van der Waals surface area contributed by atoms with Gasteiger partial charge in [0.2, 0.25) is 0 Å². The highest BCUT2D eigenvalue weighted by Gasteiger charge is 2.47. The summed E-state index contributed by atoms with van der Waals surface area (Å²) >= 11 is 0. The number of aliphatic hydroxyl groups is 5. The second-order valence-corrected chi connectivity index (χ2v) is 8.53. The van der Waals surface area contributed by atoms with Crippen molar-refractivity contribution in [2.45, 2.75) is 70.9 Å². The third-order valence-electron chi connectivity index (χ3n) is 6.24. The second-order valence-electron chi connectivity index (χ2n) is 8.53. The van der Waals surface area contributed by atoms with Crippen LogP contribution in [0.1, 0.15) is 52.6 Å². The predicted octanol–water partition coefficient (Wildman–Crippen LogP) is -0.0817. The molecule has 0 bridgehead atoms. The number of hydrogen-bond donors (Lipinski definition) is 5. The fourth-order valence-corrected chi connectivity index (χ4v) is 4.27. The number of hydrogen-bond acceptors (Lipinski definition) is 8. The van der Waals surface area contributed by atoms with Gasteiger partial charge in [-0.2, -0.15) is 0 Å². The van der Waals surface area contributed by atoms with Gasteiger partial charge >= 0.3 is 0 Å². The first-order valence-electron chi connectivity index (χ1n) is 9.80. The lowest BCUT2D eigenvalue weighted by Crippen LogP contribution is -2.59. The molecule has 8 heteroatoms. The Labute approximate surface area is 169 Å². The molecule has 0 amide bonds. The molecular formula is C21H30O8. The van der Waals surface area contributed by atoms with Gasteiger partial charge in [-0.1, -0.05) is 6.07 Å². The van der Waals surface area contributed by atoms with Gasteiger partial charge in [-0.05, 0) is 56.4 Å². The summed E-state index contributed by atoms with van der Waals surface area (Å²) in [5, 5.41) is 49.5. The Morgan fingerprint density at radius 2 is 1.76 bits per heavy atom. The summed E-state index contributed by atoms with van der Waals surface area (Å²) in [6.07, 6.45) is -7.02. The second kappa shape index (κ2) is 8.03. The lowest BCUT2D eigenvalue weighted by atomic mass is 9.86. The molecule has 29 heavy (non-hydrogen) atoms. The van der Waals surface area contributed by atoms with Crippen molar-refractivity contribution in [2.24, 2.45) is 5.41 Å². The minimum absolute atomic E-state index is 0.0893. The number of carbonyl (C=O) groups excluding carboxylic acids is 1. The van der Waals surface area contributed by atoms with Crippen LogP contribution in [0.25, 0.3) is 0 Å². The molecule has 0 spiro atoms. The van der Waals surface area contributed by atoms with Crippen LogP contribution in [0.3, 0.4) is 0 Å². The zero-order valence-corrected chi connectivity index (χ0v) is 17.1. The Morgan fingerprint density at radius 1 is 1.10 bits per heavy atom. The fourth-order valence-electron chi connectivity index (χ4n) is 4.27. The Morgan fingerprint density at radius 3 is 2.38 bits per heavy atom. The van der Waals surface area contributed by atoms with Crippen LogP contribution in [-0.4, -0.2) is 75.2 Å². The van der Waals surface area contributed by atoms with Crippen LogP contribution in [-0.2, 0) is 15.9 Å². The first-order valence-corrected chi connectivity index (χ1v) is 9.80. The van der Waals surface area contributed by atoms with Crippen molar-refractivity contribution in [2.75, 3.05) is 13.2 Å². The van der Waals surface area contributed by atoms with Crippen molar-refractivity contribution in [3.05, 3.63) is 33.9 Å². The standard InChI is InChI=1S/C21H30O8/c1-9-7-12-14(19(27)21(3,4)18(12)26)10(2)11(9)5-6-28-20-17(25)16(24)15(23)13(8-22)29-20/h7,13,15-18,20,22-26H,5-6,8H2,1-4H3/t13-,15-,16-,17-,18+,20-/m1/s1. The van der Waals surface area contributed by atoms with Crippen molar-refractivity contribution in [3.63, 3.8) is 0 Å². The Bertz CT molecular complexity index is 787. The minimum Gasteiger partial charge on any atom is -0.394 e. The van der Waals surface area contributed by atoms with E-state index in [0.29, 0.717) is 17.5 Å². The number of ketones is 1. The normalized spacial score (nSPS) is 33.8. The first-order chi connectivity index (χ1) is 13.5. The fraction of sp³-hybridized carbons (Fsp3) is 0.667. The maximum atomic E-state index is 12.8. The lowest BCUT2D eigenvalue weighted by molar-refractivity contribution is -0.300. The molecule has 162 valence electrons. The van der Waals surface area contributed by atoms with Crippen LogP contribution in [0.2, 0.25) is 0 Å². The van der Waals surface area contributed by atoms with Gasteiger partial charge in [-0.25, -0.2) is 0 Å². The van der Waals surface area contributed by atoms with Crippen molar-refractivity contribution < 1.29 is 39.8 Å². The summed E-state index contributed by atoms with van der Waals surface area (Å²) in [5.41, 5.74) is 2.96. The molecule has 1 fully saturated rings. The van der Waals surface area contributed by atoms with E-state index < -0.39 is 48.8 Å². The number of aryl methyl sites for hydroxylation is 1. The van der Waals surface area contributed by atoms with E-state index in [1.807, 2.05) is 19.9 Å². The van der Waals surface area contributed by atoms with E-state index in [1.54, 1.807) is 13.8 Å². The van der Waals surface area contributed by atoms with Gasteiger partial charge in [-0.15, -0.1) is 0 Å². The number of Topliss-reactive ketones (excluding diaryl/α,β-unsaturated/α-hetero) is 1. The van der Waals surface area contributed by atoms with Gasteiger partial charge in [-0.3, -0.25) is 4.79 Å². The molecule has 8 nitrogen and oxygen atoms in total. The molecule has 0 unspecified atom stereocenters. The number of fused-ring (bicyclic) bond motifs is 1. The van der Waals surface area contributed by atoms with Crippen molar-refractivity contribution in [3.8, 4) is 0 Å². The topological polar surface area (TPSA) is 137 Å². The summed E-state index contributed by atoms with van der Waals surface area (Å²) in [5.74, 6) is -0.0893. The third kappa shape index (κ3) is 3.63. The van der Waals surface area contributed by atoms with E-state index in [2.05, 4.69) is 0 Å². The van der Waals surface area contributed by atoms with Gasteiger partial charge in [0, 0.05) is 5.56 Å². The number of carbonyl (C=O) groups is 1. The number of benzene rings is 1. The van der Waals surface area contributed by atoms with Crippen LogP contribution in [0.4, 0.5) is 0 Å². The van der Waals surface area contributed by atoms with Crippen molar-refractivity contribution in [1.82, 2.24) is 0 Å². The molecule has 1 heterocycles. The highest BCUT2D eigenvalue weighted by Crippen LogP contribution is 2.47. The quantitative estimate of drug-likeness (QED) is 0.455. The molecule has 1 saturated heterocycles. The maximum absolute atomic E-state index is 12.8. The number of aliphatic hydroxyl groups excluding tert-OH is 5. The van der Waals surface area contributed by atoms with E-state index >= 15 is 0 Å². The van der Waals surface area contributed by atoms with Gasteiger partial charge in [0.15, 0.2) is 12.1 Å². The van der Waals surface area contributed by atoms with E-state index in [-0.39, 0.29) is 12.4 Å². The first kappa shape index (κ1) is 22.3. The van der Waals surface area contributed by atoms with Crippen LogP contribution in [0.15, 0.2) is 6.07 Å².